The van der Waals surface area contributed by atoms with Gasteiger partial charge in [0.2, 0.25) is 0 Å². The van der Waals surface area contributed by atoms with Crippen LogP contribution in [-0.2, 0) is 6.54 Å². The second-order valence-corrected chi connectivity index (χ2v) is 5.03. The molecule has 110 valence electrons. The Hall–Kier alpha value is -1.31. The molecule has 5 nitrogen and oxygen atoms in total. The van der Waals surface area contributed by atoms with Crippen molar-refractivity contribution >= 4 is 35.6 Å². The van der Waals surface area contributed by atoms with Gasteiger partial charge in [-0.15, -0.1) is 24.0 Å². The molecule has 0 atom stereocenters. The third-order valence-electron chi connectivity index (χ3n) is 2.93. The van der Waals surface area contributed by atoms with Crippen LogP contribution < -0.4 is 0 Å². The van der Waals surface area contributed by atoms with E-state index in [9.17, 15) is 0 Å². The Morgan fingerprint density at radius 1 is 1.20 bits per heavy atom. The Kier molecular flexibility index (Phi) is 5.79. The van der Waals surface area contributed by atoms with Crippen LogP contribution in [0, 0.1) is 6.92 Å². The molecule has 0 fully saturated rings. The number of hydrogen-bond acceptors (Lipinski definition) is 2. The number of pyridine rings is 1. The highest BCUT2D eigenvalue weighted by Gasteiger charge is 2.06. The van der Waals surface area contributed by atoms with Crippen molar-refractivity contribution in [3.63, 3.8) is 0 Å². The number of hydrogen-bond donors (Lipinski definition) is 0. The van der Waals surface area contributed by atoms with Crippen molar-refractivity contribution in [1.29, 1.82) is 0 Å². The second-order valence-electron chi connectivity index (χ2n) is 5.03. The van der Waals surface area contributed by atoms with Gasteiger partial charge in [-0.05, 0) is 19.1 Å². The zero-order chi connectivity index (χ0) is 14.0. The van der Waals surface area contributed by atoms with E-state index in [1.165, 1.54) is 5.69 Å². The number of aliphatic imine (C=N–C) groups is 1. The fourth-order valence-electron chi connectivity index (χ4n) is 2.11. The zero-order valence-corrected chi connectivity index (χ0v) is 15.0. The molecule has 0 amide bonds. The molecular formula is C14H22IN5. The van der Waals surface area contributed by atoms with Gasteiger partial charge in [0.25, 0.3) is 0 Å². The molecule has 0 bridgehead atoms. The molecule has 6 heteroatoms. The Bertz CT molecular complexity index is 591. The van der Waals surface area contributed by atoms with Crippen LogP contribution in [-0.4, -0.2) is 53.3 Å². The number of fused-ring (bicyclic) bond motifs is 1. The number of aromatic nitrogens is 2. The van der Waals surface area contributed by atoms with Crippen molar-refractivity contribution in [2.45, 2.75) is 13.5 Å². The molecule has 2 heterocycles. The minimum Gasteiger partial charge on any atom is -0.349 e. The first-order valence-corrected chi connectivity index (χ1v) is 6.31. The number of guanidine groups is 1. The standard InChI is InChI=1S/C14H21N5.HI/c1-11-7-6-8-13-16-12(10-19(11)13)9-15-14(17(2)3)18(4)5;/h6-8,10H,9H2,1-5H3;1H. The third kappa shape index (κ3) is 3.62. The van der Waals surface area contributed by atoms with Gasteiger partial charge in [0.15, 0.2) is 5.96 Å². The summed E-state index contributed by atoms with van der Waals surface area (Å²) in [6.07, 6.45) is 2.05. The van der Waals surface area contributed by atoms with Crippen molar-refractivity contribution in [2.24, 2.45) is 4.99 Å². The Morgan fingerprint density at radius 2 is 1.85 bits per heavy atom. The molecule has 0 saturated heterocycles. The summed E-state index contributed by atoms with van der Waals surface area (Å²) >= 11 is 0. The second kappa shape index (κ2) is 6.92. The van der Waals surface area contributed by atoms with Crippen molar-refractivity contribution < 1.29 is 0 Å². The summed E-state index contributed by atoms with van der Waals surface area (Å²) in [4.78, 5) is 13.2. The molecule has 2 aromatic heterocycles. The summed E-state index contributed by atoms with van der Waals surface area (Å²) < 4.78 is 2.09. The highest BCUT2D eigenvalue weighted by molar-refractivity contribution is 14.0. The number of halogens is 1. The maximum Gasteiger partial charge on any atom is 0.195 e. The molecule has 0 radical (unpaired) electrons. The molecule has 2 rings (SSSR count). The molecule has 0 N–H and O–H groups in total. The molecule has 0 aliphatic carbocycles. The quantitative estimate of drug-likeness (QED) is 0.451. The number of imidazole rings is 1. The molecule has 20 heavy (non-hydrogen) atoms. The van der Waals surface area contributed by atoms with Crippen molar-refractivity contribution in [3.8, 4) is 0 Å². The molecule has 0 aliphatic rings. The Morgan fingerprint density at radius 3 is 2.40 bits per heavy atom. The van der Waals surface area contributed by atoms with Crippen molar-refractivity contribution in [1.82, 2.24) is 19.2 Å². The molecule has 2 aromatic rings. The van der Waals surface area contributed by atoms with Crippen molar-refractivity contribution in [2.75, 3.05) is 28.2 Å². The van der Waals surface area contributed by atoms with Crippen LogP contribution in [0.4, 0.5) is 0 Å². The smallest absolute Gasteiger partial charge is 0.195 e. The first-order chi connectivity index (χ1) is 8.99. The minimum atomic E-state index is 0. The van der Waals surface area contributed by atoms with E-state index >= 15 is 0 Å². The topological polar surface area (TPSA) is 36.1 Å². The van der Waals surface area contributed by atoms with Gasteiger partial charge in [0, 0.05) is 40.1 Å². The monoisotopic (exact) mass is 387 g/mol. The minimum absolute atomic E-state index is 0. The SMILES string of the molecule is Cc1cccc2nc(CN=C(N(C)C)N(C)C)cn12.I. The normalized spacial score (nSPS) is 10.1. The van der Waals surface area contributed by atoms with Gasteiger partial charge in [-0.2, -0.15) is 0 Å². The van der Waals surface area contributed by atoms with Crippen molar-refractivity contribution in [3.05, 3.63) is 35.8 Å². The van der Waals surface area contributed by atoms with E-state index in [-0.39, 0.29) is 24.0 Å². The van der Waals surface area contributed by atoms with Crippen LogP contribution >= 0.6 is 24.0 Å². The van der Waals surface area contributed by atoms with E-state index in [4.69, 9.17) is 0 Å². The van der Waals surface area contributed by atoms with Crippen LogP contribution in [0.2, 0.25) is 0 Å². The fourth-order valence-corrected chi connectivity index (χ4v) is 2.11. The van der Waals surface area contributed by atoms with Crippen LogP contribution in [0.3, 0.4) is 0 Å². The van der Waals surface area contributed by atoms with Gasteiger partial charge in [-0.1, -0.05) is 6.07 Å². The van der Waals surface area contributed by atoms with Gasteiger partial charge in [-0.25, -0.2) is 9.98 Å². The molecule has 0 aromatic carbocycles. The van der Waals surface area contributed by atoms with Gasteiger partial charge in [-0.3, -0.25) is 0 Å². The van der Waals surface area contributed by atoms with E-state index in [1.807, 2.05) is 50.1 Å². The van der Waals surface area contributed by atoms with Crippen LogP contribution in [0.25, 0.3) is 5.65 Å². The highest BCUT2D eigenvalue weighted by atomic mass is 127. The lowest BCUT2D eigenvalue weighted by molar-refractivity contribution is 0.479. The van der Waals surface area contributed by atoms with Gasteiger partial charge >= 0.3 is 0 Å². The predicted octanol–water partition coefficient (Wildman–Crippen LogP) is 2.24. The number of nitrogens with zero attached hydrogens (tertiary/aromatic N) is 5. The molecule has 0 aliphatic heterocycles. The lowest BCUT2D eigenvalue weighted by Crippen LogP contribution is -2.35. The largest absolute Gasteiger partial charge is 0.349 e. The van der Waals surface area contributed by atoms with Crippen LogP contribution in [0.1, 0.15) is 11.4 Å². The zero-order valence-electron chi connectivity index (χ0n) is 12.7. The number of rotatable bonds is 2. The first-order valence-electron chi connectivity index (χ1n) is 6.31. The van der Waals surface area contributed by atoms with Crippen LogP contribution in [0.15, 0.2) is 29.4 Å². The maximum absolute atomic E-state index is 4.61. The van der Waals surface area contributed by atoms with Gasteiger partial charge in [0.05, 0.1) is 12.2 Å². The van der Waals surface area contributed by atoms with E-state index in [2.05, 4.69) is 33.6 Å². The third-order valence-corrected chi connectivity index (χ3v) is 2.93. The lowest BCUT2D eigenvalue weighted by atomic mass is 10.4. The molecule has 0 spiro atoms. The van der Waals surface area contributed by atoms with Gasteiger partial charge < -0.3 is 14.2 Å². The number of aryl methyl sites for hydroxylation is 1. The van der Waals surface area contributed by atoms with Gasteiger partial charge in [0.1, 0.15) is 5.65 Å². The molecule has 0 saturated carbocycles. The first kappa shape index (κ1) is 16.7. The van der Waals surface area contributed by atoms with E-state index in [1.54, 1.807) is 0 Å². The average molecular weight is 387 g/mol. The van der Waals surface area contributed by atoms with Crippen LogP contribution in [0.5, 0.6) is 0 Å². The predicted molar refractivity (Wildman–Crippen MR) is 93.9 cm³/mol. The summed E-state index contributed by atoms with van der Waals surface area (Å²) in [6.45, 7) is 2.67. The lowest BCUT2D eigenvalue weighted by Gasteiger charge is -2.22. The summed E-state index contributed by atoms with van der Waals surface area (Å²) in [7, 11) is 7.97. The summed E-state index contributed by atoms with van der Waals surface area (Å²) in [5, 5.41) is 0. The Labute approximate surface area is 137 Å². The maximum atomic E-state index is 4.61. The van der Waals surface area contributed by atoms with E-state index < -0.39 is 0 Å². The van der Waals surface area contributed by atoms with E-state index in [0.29, 0.717) is 6.54 Å². The van der Waals surface area contributed by atoms with E-state index in [0.717, 1.165) is 17.3 Å². The summed E-state index contributed by atoms with van der Waals surface area (Å²) in [5.41, 5.74) is 3.14. The molecule has 0 unspecified atom stereocenters. The Balaban J connectivity index is 0.00000200. The summed E-state index contributed by atoms with van der Waals surface area (Å²) in [6, 6.07) is 6.11. The fraction of sp³-hybridized carbons (Fsp3) is 0.429. The molecular weight excluding hydrogens is 365 g/mol. The summed E-state index contributed by atoms with van der Waals surface area (Å²) in [5.74, 6) is 0.939. The highest BCUT2D eigenvalue weighted by Crippen LogP contribution is 2.09. The average Bonchev–Trinajstić information content (AvgIpc) is 2.72.